The minimum atomic E-state index is 0. The Labute approximate surface area is 167 Å². The molecule has 2 fully saturated rings. The first-order valence-corrected chi connectivity index (χ1v) is 8.74. The van der Waals surface area contributed by atoms with E-state index in [1.165, 1.54) is 0 Å². The molecule has 3 rings (SSSR count). The van der Waals surface area contributed by atoms with E-state index in [4.69, 9.17) is 11.6 Å². The maximum atomic E-state index is 12.5. The van der Waals surface area contributed by atoms with Gasteiger partial charge >= 0.3 is 0 Å². The first-order valence-electron chi connectivity index (χ1n) is 8.36. The maximum Gasteiger partial charge on any atom is 0.236 e. The van der Waals surface area contributed by atoms with E-state index < -0.39 is 0 Å². The zero-order valence-corrected chi connectivity index (χ0v) is 16.9. The molecular formula is C17H27Cl3N4O. The van der Waals surface area contributed by atoms with Crippen molar-refractivity contribution in [1.29, 1.82) is 0 Å². The molecule has 1 aromatic carbocycles. The SMILES string of the molecule is C[C@@H]1CNCCN1CC(=O)N1CCN(c2cccc(Cl)c2)CC1.Cl.Cl. The summed E-state index contributed by atoms with van der Waals surface area (Å²) in [6.45, 7) is 8.91. The molecular weight excluding hydrogens is 383 g/mol. The van der Waals surface area contributed by atoms with Gasteiger partial charge in [-0.25, -0.2) is 0 Å². The largest absolute Gasteiger partial charge is 0.368 e. The number of carbonyl (C=O) groups excluding carboxylic acids is 1. The lowest BCUT2D eigenvalue weighted by Crippen LogP contribution is -2.55. The third-order valence-electron chi connectivity index (χ3n) is 4.78. The molecule has 2 heterocycles. The molecule has 0 unspecified atom stereocenters. The fourth-order valence-corrected chi connectivity index (χ4v) is 3.46. The van der Waals surface area contributed by atoms with Crippen LogP contribution in [-0.2, 0) is 4.79 Å². The molecule has 0 aromatic heterocycles. The second-order valence-electron chi connectivity index (χ2n) is 6.37. The molecule has 0 bridgehead atoms. The normalized spacial score (nSPS) is 21.3. The van der Waals surface area contributed by atoms with Crippen LogP contribution < -0.4 is 10.2 Å². The Morgan fingerprint density at radius 2 is 1.92 bits per heavy atom. The summed E-state index contributed by atoms with van der Waals surface area (Å²) >= 11 is 6.06. The molecule has 8 heteroatoms. The van der Waals surface area contributed by atoms with Crippen LogP contribution in [0.2, 0.25) is 5.02 Å². The molecule has 5 nitrogen and oxygen atoms in total. The van der Waals surface area contributed by atoms with Crippen LogP contribution in [0.1, 0.15) is 6.92 Å². The third-order valence-corrected chi connectivity index (χ3v) is 5.02. The number of hydrogen-bond donors (Lipinski definition) is 1. The van der Waals surface area contributed by atoms with E-state index in [-0.39, 0.29) is 30.7 Å². The molecule has 0 radical (unpaired) electrons. The number of anilines is 1. The first kappa shape index (κ1) is 22.3. The van der Waals surface area contributed by atoms with Crippen molar-refractivity contribution in [3.63, 3.8) is 0 Å². The lowest BCUT2D eigenvalue weighted by Gasteiger charge is -2.39. The van der Waals surface area contributed by atoms with Crippen LogP contribution >= 0.6 is 36.4 Å². The average molecular weight is 410 g/mol. The molecule has 0 aliphatic carbocycles. The summed E-state index contributed by atoms with van der Waals surface area (Å²) in [5.41, 5.74) is 1.14. The Morgan fingerprint density at radius 3 is 2.56 bits per heavy atom. The van der Waals surface area contributed by atoms with E-state index >= 15 is 0 Å². The van der Waals surface area contributed by atoms with Crippen LogP contribution in [0.25, 0.3) is 0 Å². The smallest absolute Gasteiger partial charge is 0.236 e. The highest BCUT2D eigenvalue weighted by molar-refractivity contribution is 6.30. The van der Waals surface area contributed by atoms with E-state index in [1.807, 2.05) is 23.1 Å². The van der Waals surface area contributed by atoms with E-state index in [2.05, 4.69) is 28.1 Å². The van der Waals surface area contributed by atoms with Crippen molar-refractivity contribution < 1.29 is 4.79 Å². The minimum Gasteiger partial charge on any atom is -0.368 e. The predicted octanol–water partition coefficient (Wildman–Crippen LogP) is 2.13. The molecule has 2 saturated heterocycles. The molecule has 2 aliphatic heterocycles. The number of halogens is 3. The van der Waals surface area contributed by atoms with Gasteiger partial charge < -0.3 is 15.1 Å². The van der Waals surface area contributed by atoms with Crippen LogP contribution in [-0.4, -0.2) is 74.1 Å². The number of hydrogen-bond acceptors (Lipinski definition) is 4. The van der Waals surface area contributed by atoms with Crippen LogP contribution in [0.3, 0.4) is 0 Å². The highest BCUT2D eigenvalue weighted by Gasteiger charge is 2.25. The highest BCUT2D eigenvalue weighted by atomic mass is 35.5. The zero-order valence-electron chi connectivity index (χ0n) is 14.5. The molecule has 0 saturated carbocycles. The fraction of sp³-hybridized carbons (Fsp3) is 0.588. The Balaban J connectivity index is 0.00000156. The third kappa shape index (κ3) is 5.90. The van der Waals surface area contributed by atoms with Gasteiger partial charge in [-0.05, 0) is 25.1 Å². The molecule has 1 aromatic rings. The number of nitrogens with one attached hydrogen (secondary N) is 1. The van der Waals surface area contributed by atoms with E-state index in [0.29, 0.717) is 12.6 Å². The van der Waals surface area contributed by atoms with Crippen molar-refractivity contribution in [3.05, 3.63) is 29.3 Å². The van der Waals surface area contributed by atoms with Gasteiger partial charge in [0.05, 0.1) is 6.54 Å². The fourth-order valence-electron chi connectivity index (χ4n) is 3.28. The monoisotopic (exact) mass is 408 g/mol. The van der Waals surface area contributed by atoms with Crippen LogP contribution in [0.4, 0.5) is 5.69 Å². The van der Waals surface area contributed by atoms with Gasteiger partial charge in [0.1, 0.15) is 0 Å². The zero-order chi connectivity index (χ0) is 16.2. The summed E-state index contributed by atoms with van der Waals surface area (Å²) in [5.74, 6) is 0.254. The lowest BCUT2D eigenvalue weighted by atomic mass is 10.2. The summed E-state index contributed by atoms with van der Waals surface area (Å²) in [7, 11) is 0. The van der Waals surface area contributed by atoms with Crippen LogP contribution in [0.15, 0.2) is 24.3 Å². The minimum absolute atomic E-state index is 0. The first-order chi connectivity index (χ1) is 11.1. The van der Waals surface area contributed by atoms with Crippen molar-refractivity contribution >= 4 is 48.0 Å². The highest BCUT2D eigenvalue weighted by Crippen LogP contribution is 2.20. The van der Waals surface area contributed by atoms with Gasteiger partial charge in [0.25, 0.3) is 0 Å². The van der Waals surface area contributed by atoms with Gasteiger partial charge in [-0.2, -0.15) is 0 Å². The average Bonchev–Trinajstić information content (AvgIpc) is 2.57. The number of benzene rings is 1. The summed E-state index contributed by atoms with van der Waals surface area (Å²) in [6, 6.07) is 8.36. The number of carbonyl (C=O) groups is 1. The Morgan fingerprint density at radius 1 is 1.20 bits per heavy atom. The maximum absolute atomic E-state index is 12.5. The van der Waals surface area contributed by atoms with Crippen molar-refractivity contribution in [2.24, 2.45) is 0 Å². The molecule has 1 atom stereocenters. The molecule has 1 amide bonds. The Hall–Kier alpha value is -0.720. The number of piperazine rings is 2. The summed E-state index contributed by atoms with van der Waals surface area (Å²) in [5, 5.41) is 4.12. The van der Waals surface area contributed by atoms with E-state index in [9.17, 15) is 4.79 Å². The quantitative estimate of drug-likeness (QED) is 0.830. The van der Waals surface area contributed by atoms with Crippen LogP contribution in [0.5, 0.6) is 0 Å². The second-order valence-corrected chi connectivity index (χ2v) is 6.81. The second kappa shape index (κ2) is 10.4. The van der Waals surface area contributed by atoms with Gasteiger partial charge in [0.15, 0.2) is 0 Å². The van der Waals surface area contributed by atoms with E-state index in [0.717, 1.165) is 56.5 Å². The topological polar surface area (TPSA) is 38.8 Å². The van der Waals surface area contributed by atoms with Gasteiger partial charge in [-0.15, -0.1) is 24.8 Å². The lowest BCUT2D eigenvalue weighted by molar-refractivity contribution is -0.133. The Bertz CT molecular complexity index is 552. The van der Waals surface area contributed by atoms with Gasteiger partial charge in [-0.3, -0.25) is 9.69 Å². The molecule has 25 heavy (non-hydrogen) atoms. The van der Waals surface area contributed by atoms with Gasteiger partial charge in [-0.1, -0.05) is 17.7 Å². The van der Waals surface area contributed by atoms with Gasteiger partial charge in [0.2, 0.25) is 5.91 Å². The van der Waals surface area contributed by atoms with Gasteiger partial charge in [0, 0.05) is 62.6 Å². The van der Waals surface area contributed by atoms with Crippen molar-refractivity contribution in [2.45, 2.75) is 13.0 Å². The predicted molar refractivity (Wildman–Crippen MR) is 109 cm³/mol. The van der Waals surface area contributed by atoms with Crippen molar-refractivity contribution in [2.75, 3.05) is 57.3 Å². The number of rotatable bonds is 3. The molecule has 1 N–H and O–H groups in total. The molecule has 0 spiro atoms. The van der Waals surface area contributed by atoms with Crippen molar-refractivity contribution in [3.8, 4) is 0 Å². The molecule has 142 valence electrons. The van der Waals surface area contributed by atoms with E-state index in [1.54, 1.807) is 0 Å². The number of nitrogens with zero attached hydrogens (tertiary/aromatic N) is 3. The molecule has 2 aliphatic rings. The summed E-state index contributed by atoms with van der Waals surface area (Å²) in [6.07, 6.45) is 0. The van der Waals surface area contributed by atoms with Crippen LogP contribution in [0, 0.1) is 0 Å². The van der Waals surface area contributed by atoms with Crippen molar-refractivity contribution in [1.82, 2.24) is 15.1 Å². The standard InChI is InChI=1S/C17H25ClN4O.2ClH/c1-14-12-19-5-6-22(14)13-17(23)21-9-7-20(8-10-21)16-4-2-3-15(18)11-16;;/h2-4,11,14,19H,5-10,12-13H2,1H3;2*1H/t14-;;/m1../s1. The number of amides is 1. The summed E-state index contributed by atoms with van der Waals surface area (Å²) in [4.78, 5) is 19.1. The Kier molecular flexibility index (Phi) is 9.32. The summed E-state index contributed by atoms with van der Waals surface area (Å²) < 4.78 is 0.